The van der Waals surface area contributed by atoms with Crippen LogP contribution in [0, 0.1) is 5.82 Å². The van der Waals surface area contributed by atoms with Crippen LogP contribution in [0.25, 0.3) is 0 Å². The molecule has 0 atom stereocenters. The molecule has 0 radical (unpaired) electrons. The van der Waals surface area contributed by atoms with Gasteiger partial charge in [0.25, 0.3) is 0 Å². The van der Waals surface area contributed by atoms with E-state index in [-0.39, 0.29) is 12.4 Å². The van der Waals surface area contributed by atoms with Crippen molar-refractivity contribution in [3.8, 4) is 5.75 Å². The Morgan fingerprint density at radius 1 is 1.35 bits per heavy atom. The van der Waals surface area contributed by atoms with Crippen LogP contribution in [-0.4, -0.2) is 16.8 Å². The van der Waals surface area contributed by atoms with Crippen LogP contribution in [0.15, 0.2) is 36.7 Å². The van der Waals surface area contributed by atoms with Crippen LogP contribution in [-0.2, 0) is 13.2 Å². The number of aromatic nitrogens is 1. The normalized spacial score (nSPS) is 10.5. The van der Waals surface area contributed by atoms with Crippen molar-refractivity contribution in [1.29, 1.82) is 0 Å². The van der Waals surface area contributed by atoms with Gasteiger partial charge in [-0.25, -0.2) is 4.39 Å². The number of hydrogen-bond donors (Lipinski definition) is 1. The lowest BCUT2D eigenvalue weighted by molar-refractivity contribution is 0.282. The molecular formula is C13H14FNO2. The largest absolute Gasteiger partial charge is 0.497 e. The molecule has 0 bridgehead atoms. The third-order valence-electron chi connectivity index (χ3n) is 2.61. The Labute approximate surface area is 99.1 Å². The van der Waals surface area contributed by atoms with Gasteiger partial charge in [-0.3, -0.25) is 0 Å². The van der Waals surface area contributed by atoms with Crippen LogP contribution in [0.2, 0.25) is 0 Å². The number of aliphatic hydroxyl groups is 1. The Morgan fingerprint density at radius 3 is 2.76 bits per heavy atom. The SMILES string of the molecule is COc1ccc(Cn2ccc(CO)c2)c(F)c1. The summed E-state index contributed by atoms with van der Waals surface area (Å²) in [5.74, 6) is 0.221. The molecule has 0 amide bonds. The molecule has 2 aromatic rings. The zero-order chi connectivity index (χ0) is 12.3. The van der Waals surface area contributed by atoms with E-state index < -0.39 is 0 Å². The highest BCUT2D eigenvalue weighted by molar-refractivity contribution is 5.29. The molecule has 0 aliphatic rings. The maximum Gasteiger partial charge on any atom is 0.131 e. The molecule has 90 valence electrons. The van der Waals surface area contributed by atoms with Crippen molar-refractivity contribution in [3.05, 3.63) is 53.6 Å². The number of halogens is 1. The number of ether oxygens (including phenoxy) is 1. The Bertz CT molecular complexity index is 508. The van der Waals surface area contributed by atoms with Crippen LogP contribution < -0.4 is 4.74 Å². The zero-order valence-electron chi connectivity index (χ0n) is 9.56. The molecule has 17 heavy (non-hydrogen) atoms. The molecule has 4 heteroatoms. The topological polar surface area (TPSA) is 34.4 Å². The van der Waals surface area contributed by atoms with Gasteiger partial charge in [0.15, 0.2) is 0 Å². The lowest BCUT2D eigenvalue weighted by atomic mass is 10.2. The smallest absolute Gasteiger partial charge is 0.131 e. The average molecular weight is 235 g/mol. The van der Waals surface area contributed by atoms with E-state index in [0.29, 0.717) is 17.9 Å². The summed E-state index contributed by atoms with van der Waals surface area (Å²) in [6.07, 6.45) is 3.61. The van der Waals surface area contributed by atoms with Gasteiger partial charge in [-0.05, 0) is 17.7 Å². The van der Waals surface area contributed by atoms with Gasteiger partial charge >= 0.3 is 0 Å². The van der Waals surface area contributed by atoms with Crippen LogP contribution in [0.1, 0.15) is 11.1 Å². The van der Waals surface area contributed by atoms with Gasteiger partial charge in [0.2, 0.25) is 0 Å². The van der Waals surface area contributed by atoms with E-state index in [1.54, 1.807) is 24.4 Å². The minimum atomic E-state index is -0.288. The van der Waals surface area contributed by atoms with Crippen LogP contribution >= 0.6 is 0 Å². The molecule has 1 aromatic heterocycles. The molecule has 3 nitrogen and oxygen atoms in total. The van der Waals surface area contributed by atoms with Crippen molar-refractivity contribution < 1.29 is 14.2 Å². The van der Waals surface area contributed by atoms with Crippen molar-refractivity contribution in [3.63, 3.8) is 0 Å². The van der Waals surface area contributed by atoms with Crippen LogP contribution in [0.3, 0.4) is 0 Å². The monoisotopic (exact) mass is 235 g/mol. The van der Waals surface area contributed by atoms with Gasteiger partial charge < -0.3 is 14.4 Å². The minimum absolute atomic E-state index is 0.00189. The van der Waals surface area contributed by atoms with E-state index in [1.807, 2.05) is 10.8 Å². The molecule has 2 rings (SSSR count). The highest BCUT2D eigenvalue weighted by Gasteiger charge is 2.05. The lowest BCUT2D eigenvalue weighted by Crippen LogP contribution is -1.99. The predicted octanol–water partition coefficient (Wildman–Crippen LogP) is 2.18. The number of aliphatic hydroxyl groups excluding tert-OH is 1. The van der Waals surface area contributed by atoms with Gasteiger partial charge in [-0.15, -0.1) is 0 Å². The fraction of sp³-hybridized carbons (Fsp3) is 0.231. The van der Waals surface area contributed by atoms with Gasteiger partial charge in [0.05, 0.1) is 13.7 Å². The Morgan fingerprint density at radius 2 is 2.18 bits per heavy atom. The average Bonchev–Trinajstić information content (AvgIpc) is 2.79. The molecule has 1 aromatic carbocycles. The first kappa shape index (κ1) is 11.7. The van der Waals surface area contributed by atoms with Gasteiger partial charge in [-0.2, -0.15) is 0 Å². The minimum Gasteiger partial charge on any atom is -0.497 e. The first-order chi connectivity index (χ1) is 8.22. The first-order valence-corrected chi connectivity index (χ1v) is 5.31. The third kappa shape index (κ3) is 2.65. The number of benzene rings is 1. The molecule has 1 heterocycles. The number of hydrogen-bond acceptors (Lipinski definition) is 2. The lowest BCUT2D eigenvalue weighted by Gasteiger charge is -2.06. The summed E-state index contributed by atoms with van der Waals surface area (Å²) in [5.41, 5.74) is 1.41. The van der Waals surface area contributed by atoms with Crippen LogP contribution in [0.5, 0.6) is 5.75 Å². The second-order valence-electron chi connectivity index (χ2n) is 3.81. The van der Waals surface area contributed by atoms with Crippen LogP contribution in [0.4, 0.5) is 4.39 Å². The number of rotatable bonds is 4. The van der Waals surface area contributed by atoms with E-state index in [0.717, 1.165) is 5.56 Å². The van der Waals surface area contributed by atoms with Crippen molar-refractivity contribution >= 4 is 0 Å². The molecule has 1 N–H and O–H groups in total. The van der Waals surface area contributed by atoms with Gasteiger partial charge in [0, 0.05) is 30.6 Å². The van der Waals surface area contributed by atoms with Gasteiger partial charge in [-0.1, -0.05) is 6.07 Å². The molecule has 0 saturated heterocycles. The molecule has 0 aliphatic carbocycles. The highest BCUT2D eigenvalue weighted by atomic mass is 19.1. The summed E-state index contributed by atoms with van der Waals surface area (Å²) in [6.45, 7) is 0.438. The molecule has 0 saturated carbocycles. The van der Waals surface area contributed by atoms with E-state index in [9.17, 15) is 4.39 Å². The number of nitrogens with zero attached hydrogens (tertiary/aromatic N) is 1. The van der Waals surface area contributed by atoms with Crippen molar-refractivity contribution in [2.24, 2.45) is 0 Å². The fourth-order valence-corrected chi connectivity index (χ4v) is 1.66. The molecule has 0 aliphatic heterocycles. The van der Waals surface area contributed by atoms with Crippen molar-refractivity contribution in [2.45, 2.75) is 13.2 Å². The summed E-state index contributed by atoms with van der Waals surface area (Å²) in [4.78, 5) is 0. The summed E-state index contributed by atoms with van der Waals surface area (Å²) in [6, 6.07) is 6.61. The van der Waals surface area contributed by atoms with Crippen molar-refractivity contribution in [1.82, 2.24) is 4.57 Å². The molecule has 0 unspecified atom stereocenters. The predicted molar refractivity (Wildman–Crippen MR) is 62.4 cm³/mol. The van der Waals surface area contributed by atoms with E-state index in [4.69, 9.17) is 9.84 Å². The summed E-state index contributed by atoms with van der Waals surface area (Å²) in [7, 11) is 1.51. The van der Waals surface area contributed by atoms with E-state index in [2.05, 4.69) is 0 Å². The second-order valence-corrected chi connectivity index (χ2v) is 3.81. The van der Waals surface area contributed by atoms with E-state index in [1.165, 1.54) is 13.2 Å². The van der Waals surface area contributed by atoms with Crippen molar-refractivity contribution in [2.75, 3.05) is 7.11 Å². The van der Waals surface area contributed by atoms with E-state index >= 15 is 0 Å². The summed E-state index contributed by atoms with van der Waals surface area (Å²) >= 11 is 0. The highest BCUT2D eigenvalue weighted by Crippen LogP contribution is 2.17. The molecular weight excluding hydrogens is 221 g/mol. The second kappa shape index (κ2) is 5.01. The maximum atomic E-state index is 13.7. The Kier molecular flexibility index (Phi) is 3.44. The zero-order valence-corrected chi connectivity index (χ0v) is 9.56. The standard InChI is InChI=1S/C13H14FNO2/c1-17-12-3-2-11(13(14)6-12)8-15-5-4-10(7-15)9-16/h2-7,16H,8-9H2,1H3. The Balaban J connectivity index is 2.18. The van der Waals surface area contributed by atoms with Gasteiger partial charge in [0.1, 0.15) is 11.6 Å². The maximum absolute atomic E-state index is 13.7. The Hall–Kier alpha value is -1.81. The quantitative estimate of drug-likeness (QED) is 0.881. The summed E-state index contributed by atoms with van der Waals surface area (Å²) < 4.78 is 20.4. The molecule has 0 spiro atoms. The summed E-state index contributed by atoms with van der Waals surface area (Å²) in [5, 5.41) is 8.94. The first-order valence-electron chi connectivity index (χ1n) is 5.31. The number of methoxy groups -OCH3 is 1. The third-order valence-corrected chi connectivity index (χ3v) is 2.61. The molecule has 0 fully saturated rings. The fourth-order valence-electron chi connectivity index (χ4n) is 1.66.